The molecule has 0 bridgehead atoms. The Hall–Kier alpha value is -1.26. The lowest BCUT2D eigenvalue weighted by Gasteiger charge is -2.23. The Morgan fingerprint density at radius 1 is 1.24 bits per heavy atom. The van der Waals surface area contributed by atoms with Gasteiger partial charge in [0.05, 0.1) is 0 Å². The summed E-state index contributed by atoms with van der Waals surface area (Å²) < 4.78 is 0. The average Bonchev–Trinajstić information content (AvgIpc) is 2.44. The molecule has 3 N–H and O–H groups in total. The number of carboxylic acids is 1. The van der Waals surface area contributed by atoms with Crippen LogP contribution in [0.15, 0.2) is 0 Å². The van der Waals surface area contributed by atoms with Crippen LogP contribution in [0.5, 0.6) is 0 Å². The Bertz CT molecular complexity index is 281. The molecule has 17 heavy (non-hydrogen) atoms. The van der Waals surface area contributed by atoms with Crippen LogP contribution in [-0.2, 0) is 4.79 Å². The van der Waals surface area contributed by atoms with Crippen LogP contribution in [0.2, 0.25) is 0 Å². The number of aliphatic carboxylic acids is 1. The van der Waals surface area contributed by atoms with Crippen molar-refractivity contribution in [3.8, 4) is 0 Å². The molecule has 1 aliphatic rings. The third-order valence-electron chi connectivity index (χ3n) is 3.40. The fourth-order valence-electron chi connectivity index (χ4n) is 2.18. The van der Waals surface area contributed by atoms with Gasteiger partial charge >= 0.3 is 12.0 Å². The smallest absolute Gasteiger partial charge is 0.325 e. The Balaban J connectivity index is 2.41. The Morgan fingerprint density at radius 3 is 2.53 bits per heavy atom. The first-order valence-corrected chi connectivity index (χ1v) is 6.30. The van der Waals surface area contributed by atoms with Crippen molar-refractivity contribution < 1.29 is 14.7 Å². The number of amides is 2. The molecule has 0 aliphatic heterocycles. The van der Waals surface area contributed by atoms with Gasteiger partial charge in [0.25, 0.3) is 0 Å². The molecule has 0 aromatic rings. The van der Waals surface area contributed by atoms with Crippen molar-refractivity contribution >= 4 is 12.0 Å². The summed E-state index contributed by atoms with van der Waals surface area (Å²) in [5.74, 6) is -0.558. The summed E-state index contributed by atoms with van der Waals surface area (Å²) in [6.45, 7) is 3.59. The van der Waals surface area contributed by atoms with E-state index in [9.17, 15) is 9.59 Å². The van der Waals surface area contributed by atoms with Crippen molar-refractivity contribution in [3.63, 3.8) is 0 Å². The topological polar surface area (TPSA) is 78.4 Å². The maximum absolute atomic E-state index is 11.6. The lowest BCUT2D eigenvalue weighted by molar-refractivity contribution is -0.138. The van der Waals surface area contributed by atoms with Gasteiger partial charge < -0.3 is 15.7 Å². The molecule has 0 heterocycles. The molecule has 5 heteroatoms. The zero-order valence-corrected chi connectivity index (χ0v) is 10.5. The predicted molar refractivity (Wildman–Crippen MR) is 64.8 cm³/mol. The van der Waals surface area contributed by atoms with Crippen molar-refractivity contribution in [2.45, 2.75) is 58.0 Å². The number of hydrogen-bond acceptors (Lipinski definition) is 2. The normalized spacial score (nSPS) is 26.7. The minimum Gasteiger partial charge on any atom is -0.480 e. The largest absolute Gasteiger partial charge is 0.480 e. The summed E-state index contributed by atoms with van der Waals surface area (Å²) in [5.41, 5.74) is 0. The van der Waals surface area contributed by atoms with Crippen molar-refractivity contribution in [2.24, 2.45) is 5.92 Å². The Kier molecular flexibility index (Phi) is 5.25. The van der Waals surface area contributed by atoms with Gasteiger partial charge in [-0.3, -0.25) is 4.79 Å². The standard InChI is InChI=1S/C12H22N2O3/c1-8-6-4-3-5-7-10(8)14-12(17)13-9(2)11(15)16/h8-10H,3-7H2,1-2H3,(H,15,16)(H2,13,14,17). The second-order valence-corrected chi connectivity index (χ2v) is 4.90. The van der Waals surface area contributed by atoms with Gasteiger partial charge in [-0.05, 0) is 25.7 Å². The van der Waals surface area contributed by atoms with Crippen molar-refractivity contribution in [1.29, 1.82) is 0 Å². The quantitative estimate of drug-likeness (QED) is 0.659. The van der Waals surface area contributed by atoms with Gasteiger partial charge in [0.15, 0.2) is 0 Å². The first-order valence-electron chi connectivity index (χ1n) is 6.30. The van der Waals surface area contributed by atoms with E-state index in [0.717, 1.165) is 19.3 Å². The van der Waals surface area contributed by atoms with Crippen LogP contribution >= 0.6 is 0 Å². The zero-order valence-electron chi connectivity index (χ0n) is 10.5. The molecule has 1 rings (SSSR count). The molecular weight excluding hydrogens is 220 g/mol. The van der Waals surface area contributed by atoms with Gasteiger partial charge in [-0.1, -0.05) is 26.2 Å². The average molecular weight is 242 g/mol. The van der Waals surface area contributed by atoms with E-state index in [1.807, 2.05) is 0 Å². The van der Waals surface area contributed by atoms with Crippen LogP contribution in [0.1, 0.15) is 46.0 Å². The van der Waals surface area contributed by atoms with E-state index in [-0.39, 0.29) is 12.1 Å². The maximum Gasteiger partial charge on any atom is 0.325 e. The molecule has 0 spiro atoms. The van der Waals surface area contributed by atoms with Crippen LogP contribution in [0.3, 0.4) is 0 Å². The molecule has 1 aliphatic carbocycles. The van der Waals surface area contributed by atoms with Gasteiger partial charge in [0, 0.05) is 6.04 Å². The van der Waals surface area contributed by atoms with Gasteiger partial charge in [0.1, 0.15) is 6.04 Å². The number of carboxylic acid groups (broad SMARTS) is 1. The molecule has 3 atom stereocenters. The lowest BCUT2D eigenvalue weighted by atomic mass is 9.97. The Morgan fingerprint density at radius 2 is 1.88 bits per heavy atom. The van der Waals surface area contributed by atoms with Crippen LogP contribution in [0.25, 0.3) is 0 Å². The summed E-state index contributed by atoms with van der Waals surface area (Å²) in [6, 6.07) is -1.06. The molecule has 3 unspecified atom stereocenters. The first-order chi connectivity index (χ1) is 8.00. The minimum absolute atomic E-state index is 0.165. The molecular formula is C12H22N2O3. The van der Waals surface area contributed by atoms with Crippen molar-refractivity contribution in [1.82, 2.24) is 10.6 Å². The highest BCUT2D eigenvalue weighted by molar-refractivity contribution is 5.82. The van der Waals surface area contributed by atoms with Gasteiger partial charge in [0.2, 0.25) is 0 Å². The fourth-order valence-corrected chi connectivity index (χ4v) is 2.18. The van der Waals surface area contributed by atoms with E-state index in [4.69, 9.17) is 5.11 Å². The zero-order chi connectivity index (χ0) is 12.8. The number of carbonyl (C=O) groups is 2. The van der Waals surface area contributed by atoms with E-state index in [1.165, 1.54) is 19.8 Å². The number of nitrogens with one attached hydrogen (secondary N) is 2. The van der Waals surface area contributed by atoms with E-state index < -0.39 is 12.0 Å². The number of carbonyl (C=O) groups excluding carboxylic acids is 1. The molecule has 0 saturated heterocycles. The van der Waals surface area contributed by atoms with Crippen LogP contribution in [-0.4, -0.2) is 29.2 Å². The summed E-state index contributed by atoms with van der Waals surface area (Å²) in [5, 5.41) is 14.0. The predicted octanol–water partition coefficient (Wildman–Crippen LogP) is 1.73. The van der Waals surface area contributed by atoms with E-state index in [1.54, 1.807) is 0 Å². The molecule has 1 saturated carbocycles. The first kappa shape index (κ1) is 13.8. The van der Waals surface area contributed by atoms with E-state index in [2.05, 4.69) is 17.6 Å². The second kappa shape index (κ2) is 6.47. The fraction of sp³-hybridized carbons (Fsp3) is 0.833. The highest BCUT2D eigenvalue weighted by Crippen LogP contribution is 2.22. The molecule has 0 aromatic heterocycles. The Labute approximate surface area is 102 Å². The summed E-state index contributed by atoms with van der Waals surface area (Å²) in [7, 11) is 0. The lowest BCUT2D eigenvalue weighted by Crippen LogP contribution is -2.49. The maximum atomic E-state index is 11.6. The minimum atomic E-state index is -1.02. The van der Waals surface area contributed by atoms with Crippen LogP contribution in [0.4, 0.5) is 4.79 Å². The summed E-state index contributed by atoms with van der Waals surface area (Å²) >= 11 is 0. The van der Waals surface area contributed by atoms with Crippen molar-refractivity contribution in [3.05, 3.63) is 0 Å². The molecule has 5 nitrogen and oxygen atoms in total. The monoisotopic (exact) mass is 242 g/mol. The number of hydrogen-bond donors (Lipinski definition) is 3. The van der Waals surface area contributed by atoms with E-state index >= 15 is 0 Å². The highest BCUT2D eigenvalue weighted by Gasteiger charge is 2.22. The molecule has 0 radical (unpaired) electrons. The second-order valence-electron chi connectivity index (χ2n) is 4.90. The SMILES string of the molecule is CC(NC(=O)NC1CCCCCC1C)C(=O)O. The highest BCUT2D eigenvalue weighted by atomic mass is 16.4. The van der Waals surface area contributed by atoms with E-state index in [0.29, 0.717) is 5.92 Å². The number of urea groups is 1. The summed E-state index contributed by atoms with van der Waals surface area (Å²) in [6.07, 6.45) is 5.67. The summed E-state index contributed by atoms with van der Waals surface area (Å²) in [4.78, 5) is 22.2. The van der Waals surface area contributed by atoms with Crippen LogP contribution < -0.4 is 10.6 Å². The number of rotatable bonds is 3. The molecule has 98 valence electrons. The molecule has 1 fully saturated rings. The third-order valence-corrected chi connectivity index (χ3v) is 3.40. The van der Waals surface area contributed by atoms with Crippen LogP contribution in [0, 0.1) is 5.92 Å². The third kappa shape index (κ3) is 4.63. The van der Waals surface area contributed by atoms with Gasteiger partial charge in [-0.25, -0.2) is 4.79 Å². The molecule has 2 amide bonds. The van der Waals surface area contributed by atoms with Gasteiger partial charge in [-0.15, -0.1) is 0 Å². The van der Waals surface area contributed by atoms with Crippen molar-refractivity contribution in [2.75, 3.05) is 0 Å². The van der Waals surface area contributed by atoms with Gasteiger partial charge in [-0.2, -0.15) is 0 Å². The molecule has 0 aromatic carbocycles.